The Hall–Kier alpha value is -0.560. The average Bonchev–Trinajstić information content (AvgIpc) is 1.98. The van der Waals surface area contributed by atoms with Gasteiger partial charge in [-0.15, -0.1) is 5.73 Å². The monoisotopic (exact) mass is 154 g/mol. The molecule has 1 heterocycles. The minimum absolute atomic E-state index is 0.244. The van der Waals surface area contributed by atoms with Crippen LogP contribution < -0.4 is 0 Å². The van der Waals surface area contributed by atoms with Gasteiger partial charge in [0, 0.05) is 0 Å². The van der Waals surface area contributed by atoms with Crippen molar-refractivity contribution in [2.24, 2.45) is 0 Å². The van der Waals surface area contributed by atoms with E-state index in [4.69, 9.17) is 9.78 Å². The fourth-order valence-corrected chi connectivity index (χ4v) is 1.26. The summed E-state index contributed by atoms with van der Waals surface area (Å²) in [6.07, 6.45) is 2.71. The molecule has 0 aromatic heterocycles. The molecule has 0 aromatic rings. The highest BCUT2D eigenvalue weighted by Crippen LogP contribution is 2.43. The molecule has 0 spiro atoms. The van der Waals surface area contributed by atoms with Gasteiger partial charge in [0.2, 0.25) is 0 Å². The molecule has 2 heteroatoms. The molecule has 1 fully saturated rings. The van der Waals surface area contributed by atoms with Crippen molar-refractivity contribution in [1.82, 2.24) is 0 Å². The molecule has 1 atom stereocenters. The Morgan fingerprint density at radius 3 is 2.18 bits per heavy atom. The van der Waals surface area contributed by atoms with E-state index >= 15 is 0 Å². The fourth-order valence-electron chi connectivity index (χ4n) is 1.26. The van der Waals surface area contributed by atoms with Crippen LogP contribution in [0.2, 0.25) is 0 Å². The van der Waals surface area contributed by atoms with Crippen molar-refractivity contribution < 1.29 is 9.78 Å². The minimum atomic E-state index is -0.311. The SMILES string of the molecule is C=C=CC1(CC)OOC1(C)C. The Morgan fingerprint density at radius 1 is 1.45 bits per heavy atom. The van der Waals surface area contributed by atoms with Crippen molar-refractivity contribution in [1.29, 1.82) is 0 Å². The Labute approximate surface area is 67.4 Å². The molecule has 1 aliphatic heterocycles. The minimum Gasteiger partial charge on any atom is -0.226 e. The molecule has 0 amide bonds. The van der Waals surface area contributed by atoms with Crippen LogP contribution in [-0.2, 0) is 9.78 Å². The molecule has 62 valence electrons. The third-order valence-electron chi connectivity index (χ3n) is 2.28. The van der Waals surface area contributed by atoms with Gasteiger partial charge in [0.1, 0.15) is 5.60 Å². The van der Waals surface area contributed by atoms with Gasteiger partial charge in [0.15, 0.2) is 5.60 Å². The van der Waals surface area contributed by atoms with Crippen molar-refractivity contribution in [2.75, 3.05) is 0 Å². The predicted octanol–water partition coefficient (Wildman–Crippen LogP) is 2.22. The highest BCUT2D eigenvalue weighted by Gasteiger charge is 2.55. The van der Waals surface area contributed by atoms with Crippen LogP contribution in [0, 0.1) is 0 Å². The molecule has 0 N–H and O–H groups in total. The average molecular weight is 154 g/mol. The molecular formula is C9H14O2. The summed E-state index contributed by atoms with van der Waals surface area (Å²) >= 11 is 0. The lowest BCUT2D eigenvalue weighted by molar-refractivity contribution is -0.531. The number of rotatable bonds is 2. The van der Waals surface area contributed by atoms with E-state index in [0.29, 0.717) is 0 Å². The Bertz CT molecular complexity index is 198. The third-order valence-corrected chi connectivity index (χ3v) is 2.28. The van der Waals surface area contributed by atoms with Crippen LogP contribution in [0.25, 0.3) is 0 Å². The standard InChI is InChI=1S/C9H14O2/c1-5-7-9(6-2)8(3,4)10-11-9/h7H,1,6H2,2-4H3. The van der Waals surface area contributed by atoms with Gasteiger partial charge in [-0.25, -0.2) is 9.78 Å². The molecular weight excluding hydrogens is 140 g/mol. The molecule has 0 aromatic carbocycles. The van der Waals surface area contributed by atoms with Gasteiger partial charge in [-0.1, -0.05) is 13.5 Å². The van der Waals surface area contributed by atoms with Crippen LogP contribution in [0.3, 0.4) is 0 Å². The Balaban J connectivity index is 2.86. The van der Waals surface area contributed by atoms with E-state index < -0.39 is 0 Å². The van der Waals surface area contributed by atoms with E-state index in [1.54, 1.807) is 0 Å². The van der Waals surface area contributed by atoms with E-state index in [2.05, 4.69) is 19.2 Å². The molecule has 1 rings (SSSR count). The van der Waals surface area contributed by atoms with Gasteiger partial charge in [-0.05, 0) is 26.3 Å². The van der Waals surface area contributed by atoms with Gasteiger partial charge in [0.05, 0.1) is 0 Å². The summed E-state index contributed by atoms with van der Waals surface area (Å²) in [6.45, 7) is 9.57. The van der Waals surface area contributed by atoms with E-state index in [0.717, 1.165) is 6.42 Å². The van der Waals surface area contributed by atoms with Crippen molar-refractivity contribution >= 4 is 0 Å². The van der Waals surface area contributed by atoms with Crippen LogP contribution in [-0.4, -0.2) is 11.2 Å². The van der Waals surface area contributed by atoms with Gasteiger partial charge >= 0.3 is 0 Å². The van der Waals surface area contributed by atoms with E-state index in [1.165, 1.54) is 0 Å². The first-order valence-electron chi connectivity index (χ1n) is 3.82. The van der Waals surface area contributed by atoms with E-state index in [9.17, 15) is 0 Å². The lowest BCUT2D eigenvalue weighted by atomic mass is 9.82. The maximum atomic E-state index is 5.07. The lowest BCUT2D eigenvalue weighted by Gasteiger charge is -2.50. The molecule has 1 unspecified atom stereocenters. The third kappa shape index (κ3) is 1.04. The largest absolute Gasteiger partial charge is 0.226 e. The quantitative estimate of drug-likeness (QED) is 0.448. The van der Waals surface area contributed by atoms with Gasteiger partial charge in [0.25, 0.3) is 0 Å². The maximum absolute atomic E-state index is 5.07. The molecule has 11 heavy (non-hydrogen) atoms. The summed E-state index contributed by atoms with van der Waals surface area (Å²) in [5.41, 5.74) is 2.18. The van der Waals surface area contributed by atoms with Crippen LogP contribution in [0.1, 0.15) is 27.2 Å². The zero-order chi connectivity index (χ0) is 8.54. The molecule has 0 saturated carbocycles. The second-order valence-corrected chi connectivity index (χ2v) is 3.27. The molecule has 1 saturated heterocycles. The first-order valence-corrected chi connectivity index (χ1v) is 3.82. The zero-order valence-electron chi connectivity index (χ0n) is 7.31. The first kappa shape index (κ1) is 8.54. The second-order valence-electron chi connectivity index (χ2n) is 3.27. The summed E-state index contributed by atoms with van der Waals surface area (Å²) in [6, 6.07) is 0. The lowest BCUT2D eigenvalue weighted by Crippen LogP contribution is -2.61. The van der Waals surface area contributed by atoms with Crippen LogP contribution in [0.5, 0.6) is 0 Å². The highest BCUT2D eigenvalue weighted by atomic mass is 17.3. The second kappa shape index (κ2) is 2.49. The molecule has 1 aliphatic rings. The van der Waals surface area contributed by atoms with Gasteiger partial charge < -0.3 is 0 Å². The summed E-state index contributed by atoms with van der Waals surface area (Å²) in [5.74, 6) is 0. The Kier molecular flexibility index (Phi) is 1.93. The van der Waals surface area contributed by atoms with Crippen LogP contribution >= 0.6 is 0 Å². The van der Waals surface area contributed by atoms with Crippen molar-refractivity contribution in [2.45, 2.75) is 38.4 Å². The van der Waals surface area contributed by atoms with Crippen LogP contribution in [0.4, 0.5) is 0 Å². The maximum Gasteiger partial charge on any atom is 0.160 e. The normalized spacial score (nSPS) is 33.7. The fraction of sp³-hybridized carbons (Fsp3) is 0.667. The summed E-state index contributed by atoms with van der Waals surface area (Å²) < 4.78 is 0. The van der Waals surface area contributed by atoms with Gasteiger partial charge in [-0.2, -0.15) is 0 Å². The predicted molar refractivity (Wildman–Crippen MR) is 43.0 cm³/mol. The highest BCUT2D eigenvalue weighted by molar-refractivity contribution is 5.12. The van der Waals surface area contributed by atoms with Crippen molar-refractivity contribution in [3.8, 4) is 0 Å². The van der Waals surface area contributed by atoms with Gasteiger partial charge in [-0.3, -0.25) is 0 Å². The summed E-state index contributed by atoms with van der Waals surface area (Å²) in [7, 11) is 0. The summed E-state index contributed by atoms with van der Waals surface area (Å²) in [5, 5.41) is 0. The number of hydrogen-bond acceptors (Lipinski definition) is 2. The summed E-state index contributed by atoms with van der Waals surface area (Å²) in [4.78, 5) is 10.0. The molecule has 2 nitrogen and oxygen atoms in total. The van der Waals surface area contributed by atoms with Crippen LogP contribution in [0.15, 0.2) is 18.4 Å². The Morgan fingerprint density at radius 2 is 2.09 bits per heavy atom. The molecule has 0 bridgehead atoms. The smallest absolute Gasteiger partial charge is 0.160 e. The molecule has 0 radical (unpaired) electrons. The van der Waals surface area contributed by atoms with Crippen molar-refractivity contribution in [3.05, 3.63) is 18.4 Å². The topological polar surface area (TPSA) is 18.5 Å². The zero-order valence-corrected chi connectivity index (χ0v) is 7.31. The van der Waals surface area contributed by atoms with E-state index in [-0.39, 0.29) is 11.2 Å². The number of hydrogen-bond donors (Lipinski definition) is 0. The van der Waals surface area contributed by atoms with Crippen molar-refractivity contribution in [3.63, 3.8) is 0 Å². The first-order chi connectivity index (χ1) is 5.08. The van der Waals surface area contributed by atoms with E-state index in [1.807, 2.05) is 19.9 Å². The molecule has 0 aliphatic carbocycles.